The molecular formula is C23H28N6O5. The number of benzene rings is 2. The van der Waals surface area contributed by atoms with Crippen molar-refractivity contribution < 1.29 is 19.2 Å². The number of carbonyl (C=O) groups excluding carboxylic acids is 2. The Morgan fingerprint density at radius 1 is 1.12 bits per heavy atom. The molecule has 11 heteroatoms. The number of rotatable bonds is 10. The second-order valence-corrected chi connectivity index (χ2v) is 8.02. The van der Waals surface area contributed by atoms with Crippen LogP contribution < -0.4 is 17.2 Å². The Labute approximate surface area is 196 Å². The van der Waals surface area contributed by atoms with Gasteiger partial charge in [-0.05, 0) is 35.1 Å². The van der Waals surface area contributed by atoms with Crippen molar-refractivity contribution in [1.29, 1.82) is 0 Å². The molecule has 0 fully saturated rings. The summed E-state index contributed by atoms with van der Waals surface area (Å²) in [4.78, 5) is 40.6. The third kappa shape index (κ3) is 5.31. The first-order chi connectivity index (χ1) is 16.2. The topological polar surface area (TPSA) is 180 Å². The number of amides is 1. The van der Waals surface area contributed by atoms with Gasteiger partial charge in [-0.2, -0.15) is 0 Å². The smallest absolute Gasteiger partial charge is 0.404 e. The van der Waals surface area contributed by atoms with E-state index in [0.29, 0.717) is 11.3 Å². The van der Waals surface area contributed by atoms with Gasteiger partial charge in [-0.25, -0.2) is 4.79 Å². The van der Waals surface area contributed by atoms with Gasteiger partial charge in [0.2, 0.25) is 5.91 Å². The summed E-state index contributed by atoms with van der Waals surface area (Å²) in [5.74, 6) is -2.22. The van der Waals surface area contributed by atoms with Crippen LogP contribution in [0.25, 0.3) is 11.1 Å². The lowest BCUT2D eigenvalue weighted by molar-refractivity contribution is -0.531. The van der Waals surface area contributed by atoms with Crippen molar-refractivity contribution in [2.45, 2.75) is 31.0 Å². The number of fused-ring (bicyclic) bond motifs is 3. The van der Waals surface area contributed by atoms with Crippen LogP contribution >= 0.6 is 0 Å². The minimum atomic E-state index is -2.01. The van der Waals surface area contributed by atoms with Crippen molar-refractivity contribution in [2.24, 2.45) is 22.2 Å². The maximum absolute atomic E-state index is 12.7. The van der Waals surface area contributed by atoms with E-state index in [1.165, 1.54) is 0 Å². The van der Waals surface area contributed by atoms with E-state index in [1.54, 1.807) is 0 Å². The fraction of sp³-hybridized carbons (Fsp3) is 0.348. The van der Waals surface area contributed by atoms with Gasteiger partial charge < -0.3 is 21.9 Å². The highest BCUT2D eigenvalue weighted by Crippen LogP contribution is 2.44. The highest BCUT2D eigenvalue weighted by molar-refractivity contribution is 5.86. The van der Waals surface area contributed by atoms with E-state index < -0.39 is 29.0 Å². The molecule has 0 saturated heterocycles. The van der Waals surface area contributed by atoms with Gasteiger partial charge >= 0.3 is 12.1 Å². The van der Waals surface area contributed by atoms with E-state index in [4.69, 9.17) is 21.9 Å². The molecule has 34 heavy (non-hydrogen) atoms. The summed E-state index contributed by atoms with van der Waals surface area (Å²) >= 11 is 0. The standard InChI is InChI=1S/C23H28N6O5/c1-28(21(30)19(24)11-6-12-27-23(25)26)20(29(32)33)22(31)34-13-18-16-9-4-2-7-14(16)15-8-3-5-10-17(15)18/h2-5,7-10,18-20H,6,11-13,24H2,1H3,(H4,25,26,27)/t19-,20-/m0/s1. The molecule has 1 amide bonds. The maximum Gasteiger partial charge on any atom is 0.404 e. The number of hydrogen-bond acceptors (Lipinski definition) is 7. The Kier molecular flexibility index (Phi) is 7.79. The molecule has 0 aliphatic heterocycles. The van der Waals surface area contributed by atoms with Crippen molar-refractivity contribution >= 4 is 17.8 Å². The third-order valence-electron chi connectivity index (χ3n) is 5.76. The number of guanidine groups is 1. The van der Waals surface area contributed by atoms with Crippen molar-refractivity contribution in [2.75, 3.05) is 20.2 Å². The van der Waals surface area contributed by atoms with E-state index in [-0.39, 0.29) is 31.4 Å². The Morgan fingerprint density at radius 3 is 2.21 bits per heavy atom. The number of hydrogen-bond donors (Lipinski definition) is 3. The normalized spacial score (nSPS) is 13.8. The maximum atomic E-state index is 12.7. The van der Waals surface area contributed by atoms with E-state index in [0.717, 1.165) is 29.3 Å². The first-order valence-electron chi connectivity index (χ1n) is 10.8. The summed E-state index contributed by atoms with van der Waals surface area (Å²) in [7, 11) is 1.16. The zero-order chi connectivity index (χ0) is 24.8. The lowest BCUT2D eigenvalue weighted by atomic mass is 9.98. The van der Waals surface area contributed by atoms with Crippen LogP contribution in [0.15, 0.2) is 53.5 Å². The molecule has 3 rings (SSSR count). The fourth-order valence-electron chi connectivity index (χ4n) is 4.09. The van der Waals surface area contributed by atoms with Crippen molar-refractivity contribution in [1.82, 2.24) is 4.90 Å². The van der Waals surface area contributed by atoms with Crippen molar-refractivity contribution in [3.8, 4) is 11.1 Å². The van der Waals surface area contributed by atoms with Crippen LogP contribution in [0.3, 0.4) is 0 Å². The van der Waals surface area contributed by atoms with Crippen LogP contribution in [0.5, 0.6) is 0 Å². The number of carbonyl (C=O) groups is 2. The van der Waals surface area contributed by atoms with Gasteiger partial charge in [0.05, 0.1) is 11.0 Å². The van der Waals surface area contributed by atoms with Gasteiger partial charge in [0.15, 0.2) is 5.96 Å². The molecule has 180 valence electrons. The van der Waals surface area contributed by atoms with E-state index in [1.807, 2.05) is 48.5 Å². The molecule has 0 saturated carbocycles. The third-order valence-corrected chi connectivity index (χ3v) is 5.76. The van der Waals surface area contributed by atoms with Crippen LogP contribution in [-0.4, -0.2) is 60.1 Å². The molecule has 0 spiro atoms. The molecule has 2 aromatic carbocycles. The van der Waals surface area contributed by atoms with Crippen molar-refractivity contribution in [3.63, 3.8) is 0 Å². The second-order valence-electron chi connectivity index (χ2n) is 8.02. The Bertz CT molecular complexity index is 1060. The predicted octanol–water partition coefficient (Wildman–Crippen LogP) is 0.784. The molecular weight excluding hydrogens is 440 g/mol. The van der Waals surface area contributed by atoms with E-state index in [9.17, 15) is 19.7 Å². The second kappa shape index (κ2) is 10.8. The molecule has 1 aliphatic rings. The molecule has 0 bridgehead atoms. The largest absolute Gasteiger partial charge is 0.458 e. The number of ether oxygens (including phenoxy) is 1. The van der Waals surface area contributed by atoms with Gasteiger partial charge in [0, 0.05) is 19.5 Å². The Balaban J connectivity index is 1.67. The predicted molar refractivity (Wildman–Crippen MR) is 126 cm³/mol. The van der Waals surface area contributed by atoms with E-state index in [2.05, 4.69) is 4.99 Å². The van der Waals surface area contributed by atoms with Crippen LogP contribution in [-0.2, 0) is 14.3 Å². The van der Waals surface area contributed by atoms with Crippen LogP contribution in [0.4, 0.5) is 0 Å². The number of nitro groups is 1. The molecule has 0 unspecified atom stereocenters. The van der Waals surface area contributed by atoms with Gasteiger partial charge in [-0.1, -0.05) is 48.5 Å². The summed E-state index contributed by atoms with van der Waals surface area (Å²) in [5, 5.41) is 11.7. The minimum Gasteiger partial charge on any atom is -0.458 e. The number of aliphatic imine (C=N–C) groups is 1. The zero-order valence-corrected chi connectivity index (χ0v) is 18.8. The van der Waals surface area contributed by atoms with Gasteiger partial charge in [-0.15, -0.1) is 0 Å². The average molecular weight is 469 g/mol. The highest BCUT2D eigenvalue weighted by Gasteiger charge is 2.41. The summed E-state index contributed by atoms with van der Waals surface area (Å²) in [6, 6.07) is 14.4. The Morgan fingerprint density at radius 2 is 1.68 bits per heavy atom. The van der Waals surface area contributed by atoms with Crippen molar-refractivity contribution in [3.05, 3.63) is 69.8 Å². The number of esters is 1. The lowest BCUT2D eigenvalue weighted by Gasteiger charge is -2.23. The van der Waals surface area contributed by atoms with Gasteiger partial charge in [0.25, 0.3) is 0 Å². The summed E-state index contributed by atoms with van der Waals surface area (Å²) in [6.45, 7) is 0.169. The first-order valence-corrected chi connectivity index (χ1v) is 10.8. The monoisotopic (exact) mass is 468 g/mol. The molecule has 0 radical (unpaired) electrons. The molecule has 2 atom stereocenters. The lowest BCUT2D eigenvalue weighted by Crippen LogP contribution is -2.53. The average Bonchev–Trinajstić information content (AvgIpc) is 3.13. The van der Waals surface area contributed by atoms with Gasteiger partial charge in [-0.3, -0.25) is 24.8 Å². The SMILES string of the molecule is CN(C(=O)[C@@H](N)CCCN=C(N)N)[C@H](C(=O)OCC1c2ccccc2-c2ccccc21)[N+](=O)[O-]. The van der Waals surface area contributed by atoms with Crippen LogP contribution in [0.2, 0.25) is 0 Å². The highest BCUT2D eigenvalue weighted by atomic mass is 16.6. The number of nitrogens with zero attached hydrogens (tertiary/aromatic N) is 3. The molecule has 0 heterocycles. The van der Waals surface area contributed by atoms with Gasteiger partial charge in [0.1, 0.15) is 6.61 Å². The molecule has 11 nitrogen and oxygen atoms in total. The quantitative estimate of drug-likeness (QED) is 0.0870. The fourth-order valence-corrected chi connectivity index (χ4v) is 4.09. The summed E-state index contributed by atoms with van der Waals surface area (Å²) in [5.41, 5.74) is 20.4. The molecule has 2 aromatic rings. The summed E-state index contributed by atoms with van der Waals surface area (Å²) in [6.07, 6.45) is -1.43. The zero-order valence-electron chi connectivity index (χ0n) is 18.8. The number of nitrogens with two attached hydrogens (primary N) is 3. The molecule has 6 N–H and O–H groups in total. The minimum absolute atomic E-state index is 0.0827. The summed E-state index contributed by atoms with van der Waals surface area (Å²) < 4.78 is 5.38. The van der Waals surface area contributed by atoms with Crippen LogP contribution in [0, 0.1) is 10.1 Å². The Hall–Kier alpha value is -3.99. The van der Waals surface area contributed by atoms with Crippen LogP contribution in [0.1, 0.15) is 29.9 Å². The van der Waals surface area contributed by atoms with E-state index >= 15 is 0 Å². The molecule has 0 aromatic heterocycles. The molecule has 1 aliphatic carbocycles. The first kappa shape index (κ1) is 24.6. The number of likely N-dealkylation sites (N-methyl/N-ethyl adjacent to an activating group) is 1.